The summed E-state index contributed by atoms with van der Waals surface area (Å²) in [6, 6.07) is 10.3. The predicted octanol–water partition coefficient (Wildman–Crippen LogP) is 4.26. The summed E-state index contributed by atoms with van der Waals surface area (Å²) in [5.74, 6) is -0.573. The molecule has 0 bridgehead atoms. The zero-order chi connectivity index (χ0) is 17.8. The molecule has 1 aliphatic rings. The maximum absolute atomic E-state index is 14.4. The molecule has 6 heteroatoms. The van der Waals surface area contributed by atoms with Crippen LogP contribution in [0.3, 0.4) is 0 Å². The highest BCUT2D eigenvalue weighted by Crippen LogP contribution is 2.26. The summed E-state index contributed by atoms with van der Waals surface area (Å²) in [6.07, 6.45) is 3.68. The van der Waals surface area contributed by atoms with Crippen LogP contribution in [0.25, 0.3) is 0 Å². The minimum atomic E-state index is -0.315. The number of halogens is 2. The monoisotopic (exact) mass is 403 g/mol. The Morgan fingerprint density at radius 1 is 1.28 bits per heavy atom. The first-order valence-electron chi connectivity index (χ1n) is 8.18. The molecule has 4 nitrogen and oxygen atoms in total. The number of aryl methyl sites for hydroxylation is 1. The topological polar surface area (TPSA) is 44.7 Å². The molecule has 1 heterocycles. The summed E-state index contributed by atoms with van der Waals surface area (Å²) in [6.45, 7) is 3.70. The van der Waals surface area contributed by atoms with Crippen molar-refractivity contribution in [1.29, 1.82) is 0 Å². The molecule has 2 aromatic rings. The van der Waals surface area contributed by atoms with E-state index in [2.05, 4.69) is 31.4 Å². The van der Waals surface area contributed by atoms with Gasteiger partial charge in [-0.1, -0.05) is 22.0 Å². The Balaban J connectivity index is 1.71. The zero-order valence-electron chi connectivity index (χ0n) is 13.9. The zero-order valence-corrected chi connectivity index (χ0v) is 15.5. The minimum absolute atomic E-state index is 0.257. The minimum Gasteiger partial charge on any atom is -0.369 e. The SMILES string of the molecule is Cc1cc(N2CCCC2)c(F)cc1/C=N\NC(=O)c1cccc(Br)c1. The van der Waals surface area contributed by atoms with Crippen LogP contribution in [0.2, 0.25) is 0 Å². The third-order valence-electron chi connectivity index (χ3n) is 4.24. The van der Waals surface area contributed by atoms with Gasteiger partial charge in [0, 0.05) is 28.7 Å². The molecule has 0 aromatic heterocycles. The van der Waals surface area contributed by atoms with Crippen LogP contribution in [0.5, 0.6) is 0 Å². The van der Waals surface area contributed by atoms with Gasteiger partial charge in [0.05, 0.1) is 11.9 Å². The van der Waals surface area contributed by atoms with Crippen molar-refractivity contribution in [2.45, 2.75) is 19.8 Å². The molecule has 3 rings (SSSR count). The van der Waals surface area contributed by atoms with E-state index < -0.39 is 0 Å². The fraction of sp³-hybridized carbons (Fsp3) is 0.263. The number of anilines is 1. The number of carbonyl (C=O) groups excluding carboxylic acids is 1. The molecule has 1 saturated heterocycles. The molecule has 1 N–H and O–H groups in total. The Morgan fingerprint density at radius 2 is 2.04 bits per heavy atom. The van der Waals surface area contributed by atoms with E-state index in [0.29, 0.717) is 16.8 Å². The van der Waals surface area contributed by atoms with Crippen LogP contribution in [-0.4, -0.2) is 25.2 Å². The summed E-state index contributed by atoms with van der Waals surface area (Å²) in [5, 5.41) is 3.96. The maximum Gasteiger partial charge on any atom is 0.271 e. The molecule has 1 amide bonds. The van der Waals surface area contributed by atoms with E-state index in [1.54, 1.807) is 18.2 Å². The second kappa shape index (κ2) is 7.78. The normalized spacial score (nSPS) is 14.3. The third kappa shape index (κ3) is 4.25. The molecule has 0 spiro atoms. The largest absolute Gasteiger partial charge is 0.369 e. The highest BCUT2D eigenvalue weighted by Gasteiger charge is 2.17. The summed E-state index contributed by atoms with van der Waals surface area (Å²) in [5.41, 5.74) is 5.18. The van der Waals surface area contributed by atoms with E-state index in [1.165, 1.54) is 12.3 Å². The Labute approximate surface area is 154 Å². The predicted molar refractivity (Wildman–Crippen MR) is 102 cm³/mol. The second-order valence-electron chi connectivity index (χ2n) is 6.06. The average molecular weight is 404 g/mol. The maximum atomic E-state index is 14.4. The fourth-order valence-corrected chi connectivity index (χ4v) is 3.28. The lowest BCUT2D eigenvalue weighted by atomic mass is 10.1. The van der Waals surface area contributed by atoms with E-state index in [9.17, 15) is 9.18 Å². The number of nitrogens with one attached hydrogen (secondary N) is 1. The van der Waals surface area contributed by atoms with Crippen LogP contribution in [0.15, 0.2) is 46.0 Å². The molecule has 2 aromatic carbocycles. The van der Waals surface area contributed by atoms with E-state index >= 15 is 0 Å². The standard InChI is InChI=1S/C19H19BrFN3O/c1-13-9-18(24-7-2-3-8-24)17(21)11-15(13)12-22-23-19(25)14-5-4-6-16(20)10-14/h4-6,9-12H,2-3,7-8H2,1H3,(H,23,25)/b22-12-. The van der Waals surface area contributed by atoms with Gasteiger partial charge in [-0.25, -0.2) is 9.82 Å². The number of hydrogen-bond acceptors (Lipinski definition) is 3. The van der Waals surface area contributed by atoms with E-state index in [-0.39, 0.29) is 11.7 Å². The Morgan fingerprint density at radius 3 is 2.76 bits per heavy atom. The highest BCUT2D eigenvalue weighted by atomic mass is 79.9. The van der Waals surface area contributed by atoms with Gasteiger partial charge in [-0.15, -0.1) is 0 Å². The lowest BCUT2D eigenvalue weighted by Gasteiger charge is -2.19. The number of benzene rings is 2. The average Bonchev–Trinajstić information content (AvgIpc) is 3.11. The van der Waals surface area contributed by atoms with Gasteiger partial charge in [-0.3, -0.25) is 4.79 Å². The van der Waals surface area contributed by atoms with Crippen LogP contribution in [-0.2, 0) is 0 Å². The summed E-state index contributed by atoms with van der Waals surface area (Å²) in [7, 11) is 0. The van der Waals surface area contributed by atoms with Crippen LogP contribution < -0.4 is 10.3 Å². The van der Waals surface area contributed by atoms with Crippen molar-refractivity contribution in [2.75, 3.05) is 18.0 Å². The summed E-state index contributed by atoms with van der Waals surface area (Å²) < 4.78 is 15.2. The number of rotatable bonds is 4. The quantitative estimate of drug-likeness (QED) is 0.612. The number of carbonyl (C=O) groups is 1. The first-order valence-corrected chi connectivity index (χ1v) is 8.98. The van der Waals surface area contributed by atoms with Gasteiger partial charge >= 0.3 is 0 Å². The molecule has 130 valence electrons. The molecule has 1 aliphatic heterocycles. The Kier molecular flexibility index (Phi) is 5.48. The number of nitrogens with zero attached hydrogens (tertiary/aromatic N) is 2. The van der Waals surface area contributed by atoms with Crippen molar-refractivity contribution in [3.05, 3.63) is 63.4 Å². The van der Waals surface area contributed by atoms with Gasteiger partial charge in [0.15, 0.2) is 0 Å². The lowest BCUT2D eigenvalue weighted by molar-refractivity contribution is 0.0955. The fourth-order valence-electron chi connectivity index (χ4n) is 2.88. The first-order chi connectivity index (χ1) is 12.0. The molecule has 0 saturated carbocycles. The summed E-state index contributed by atoms with van der Waals surface area (Å²) in [4.78, 5) is 14.1. The molecule has 1 fully saturated rings. The van der Waals surface area contributed by atoms with E-state index in [0.717, 1.165) is 36.0 Å². The van der Waals surface area contributed by atoms with Gasteiger partial charge in [-0.05, 0) is 55.7 Å². The lowest BCUT2D eigenvalue weighted by Crippen LogP contribution is -2.19. The molecule has 0 aliphatic carbocycles. The van der Waals surface area contributed by atoms with Gasteiger partial charge in [0.25, 0.3) is 5.91 Å². The number of amides is 1. The molecule has 25 heavy (non-hydrogen) atoms. The molecular weight excluding hydrogens is 385 g/mol. The van der Waals surface area contributed by atoms with Crippen LogP contribution in [0, 0.1) is 12.7 Å². The van der Waals surface area contributed by atoms with Crippen LogP contribution in [0.4, 0.5) is 10.1 Å². The van der Waals surface area contributed by atoms with Crippen LogP contribution >= 0.6 is 15.9 Å². The van der Waals surface area contributed by atoms with E-state index in [1.807, 2.05) is 19.1 Å². The van der Waals surface area contributed by atoms with Crippen LogP contribution in [0.1, 0.15) is 34.3 Å². The highest BCUT2D eigenvalue weighted by molar-refractivity contribution is 9.10. The second-order valence-corrected chi connectivity index (χ2v) is 6.98. The van der Waals surface area contributed by atoms with Gasteiger partial charge in [0.1, 0.15) is 5.82 Å². The smallest absolute Gasteiger partial charge is 0.271 e. The van der Waals surface area contributed by atoms with E-state index in [4.69, 9.17) is 0 Å². The molecular formula is C19H19BrFN3O. The van der Waals surface area contributed by atoms with Crippen molar-refractivity contribution < 1.29 is 9.18 Å². The Bertz CT molecular complexity index is 816. The summed E-state index contributed by atoms with van der Waals surface area (Å²) >= 11 is 3.32. The van der Waals surface area contributed by atoms with Crippen molar-refractivity contribution >= 4 is 33.7 Å². The number of hydrazone groups is 1. The van der Waals surface area contributed by atoms with Crippen molar-refractivity contribution in [3.8, 4) is 0 Å². The van der Waals surface area contributed by atoms with Crippen molar-refractivity contribution in [2.24, 2.45) is 5.10 Å². The Hall–Kier alpha value is -2.21. The number of hydrogen-bond donors (Lipinski definition) is 1. The first kappa shape index (κ1) is 17.6. The van der Waals surface area contributed by atoms with Crippen molar-refractivity contribution in [3.63, 3.8) is 0 Å². The molecule has 0 radical (unpaired) electrons. The van der Waals surface area contributed by atoms with Gasteiger partial charge in [-0.2, -0.15) is 5.10 Å². The third-order valence-corrected chi connectivity index (χ3v) is 4.73. The molecule has 0 atom stereocenters. The van der Waals surface area contributed by atoms with Crippen molar-refractivity contribution in [1.82, 2.24) is 5.43 Å². The molecule has 0 unspecified atom stereocenters. The van der Waals surface area contributed by atoms with Gasteiger partial charge in [0.2, 0.25) is 0 Å². The van der Waals surface area contributed by atoms with Gasteiger partial charge < -0.3 is 4.90 Å².